The molecule has 0 aliphatic heterocycles. The molecule has 84 valence electrons. The molecule has 0 bridgehead atoms. The van der Waals surface area contributed by atoms with Crippen molar-refractivity contribution in [3.8, 4) is 0 Å². The molecule has 0 rings (SSSR count). The molecule has 0 fully saturated rings. The molecule has 0 saturated carbocycles. The van der Waals surface area contributed by atoms with Crippen molar-refractivity contribution in [2.24, 2.45) is 5.92 Å². The van der Waals surface area contributed by atoms with Gasteiger partial charge in [-0.1, -0.05) is 13.8 Å². The van der Waals surface area contributed by atoms with Gasteiger partial charge in [0.05, 0.1) is 12.5 Å². The first kappa shape index (κ1) is 13.3. The fraction of sp³-hybridized carbons (Fsp3) is 0.889. The predicted octanol–water partition coefficient (Wildman–Crippen LogP) is 1.59. The van der Waals surface area contributed by atoms with Crippen LogP contribution in [0.15, 0.2) is 0 Å². The minimum Gasteiger partial charge on any atom is -0.465 e. The Morgan fingerprint density at radius 3 is 2.50 bits per heavy atom. The van der Waals surface area contributed by atoms with Crippen molar-refractivity contribution in [3.63, 3.8) is 0 Å². The summed E-state index contributed by atoms with van der Waals surface area (Å²) < 4.78 is 28.3. The highest BCUT2D eigenvalue weighted by Gasteiger charge is 2.18. The van der Waals surface area contributed by atoms with Crippen molar-refractivity contribution in [2.75, 3.05) is 6.61 Å². The van der Waals surface area contributed by atoms with Gasteiger partial charge in [-0.15, -0.1) is 0 Å². The van der Waals surface area contributed by atoms with E-state index < -0.39 is 18.5 Å². The first-order valence-corrected chi connectivity index (χ1v) is 4.61. The second-order valence-corrected chi connectivity index (χ2v) is 3.17. The zero-order chi connectivity index (χ0) is 11.1. The van der Waals surface area contributed by atoms with Gasteiger partial charge in [0.1, 0.15) is 6.10 Å². The number of ether oxygens (including phenoxy) is 1. The summed E-state index contributed by atoms with van der Waals surface area (Å²) in [6, 6.07) is 0. The minimum atomic E-state index is -2.78. The molecule has 5 heteroatoms. The normalized spacial score (nSPS) is 15.3. The van der Waals surface area contributed by atoms with Crippen molar-refractivity contribution in [1.29, 1.82) is 0 Å². The van der Waals surface area contributed by atoms with Crippen molar-refractivity contribution in [2.45, 2.75) is 39.2 Å². The zero-order valence-electron chi connectivity index (χ0n) is 8.37. The van der Waals surface area contributed by atoms with Crippen molar-refractivity contribution >= 4 is 5.97 Å². The van der Waals surface area contributed by atoms with E-state index in [4.69, 9.17) is 5.11 Å². The van der Waals surface area contributed by atoms with Gasteiger partial charge in [0.15, 0.2) is 0 Å². The topological polar surface area (TPSA) is 46.5 Å². The molecule has 0 aromatic rings. The Hall–Kier alpha value is -0.710. The minimum absolute atomic E-state index is 0.158. The third-order valence-corrected chi connectivity index (χ3v) is 1.96. The van der Waals surface area contributed by atoms with Gasteiger partial charge >= 0.3 is 5.97 Å². The van der Waals surface area contributed by atoms with Crippen LogP contribution in [0.3, 0.4) is 0 Å². The summed E-state index contributed by atoms with van der Waals surface area (Å²) in [5.41, 5.74) is 0. The smallest absolute Gasteiger partial charge is 0.308 e. The van der Waals surface area contributed by atoms with E-state index in [-0.39, 0.29) is 18.9 Å². The Kier molecular flexibility index (Phi) is 6.36. The molecular weight excluding hydrogens is 194 g/mol. The van der Waals surface area contributed by atoms with Gasteiger partial charge in [-0.05, 0) is 6.42 Å². The van der Waals surface area contributed by atoms with Crippen molar-refractivity contribution in [1.82, 2.24) is 0 Å². The van der Waals surface area contributed by atoms with E-state index >= 15 is 0 Å². The number of carbonyl (C=O) groups is 1. The number of aliphatic hydroxyl groups excluding tert-OH is 1. The molecule has 2 atom stereocenters. The predicted molar refractivity (Wildman–Crippen MR) is 47.0 cm³/mol. The Bertz CT molecular complexity index is 173. The summed E-state index contributed by atoms with van der Waals surface area (Å²) in [5, 5.41) is 8.69. The molecule has 0 aromatic heterocycles. The summed E-state index contributed by atoms with van der Waals surface area (Å²) in [4.78, 5) is 11.0. The van der Waals surface area contributed by atoms with E-state index in [2.05, 4.69) is 4.74 Å². The van der Waals surface area contributed by atoms with Crippen LogP contribution in [0.1, 0.15) is 26.7 Å². The molecule has 0 radical (unpaired) electrons. The molecule has 3 nitrogen and oxygen atoms in total. The summed E-state index contributed by atoms with van der Waals surface area (Å²) in [6.45, 7) is 3.38. The molecule has 0 aliphatic carbocycles. The number of hydrogen-bond donors (Lipinski definition) is 1. The second kappa shape index (κ2) is 6.70. The van der Waals surface area contributed by atoms with E-state index in [1.165, 1.54) is 0 Å². The number of halogens is 2. The standard InChI is InChI=1S/C9H16F2O3/c1-3-6(2)9(13)14-5-4-7(12)8(10)11/h6-8,12H,3-5H2,1-2H3. The van der Waals surface area contributed by atoms with Gasteiger partial charge in [0, 0.05) is 6.42 Å². The fourth-order valence-electron chi connectivity index (χ4n) is 0.715. The third kappa shape index (κ3) is 5.11. The van der Waals surface area contributed by atoms with Crippen LogP contribution in [-0.2, 0) is 9.53 Å². The van der Waals surface area contributed by atoms with Crippen LogP contribution in [0.4, 0.5) is 8.78 Å². The monoisotopic (exact) mass is 210 g/mol. The molecule has 2 unspecified atom stereocenters. The maximum absolute atomic E-state index is 11.8. The van der Waals surface area contributed by atoms with Crippen LogP contribution in [0.2, 0.25) is 0 Å². The first-order valence-electron chi connectivity index (χ1n) is 4.61. The quantitative estimate of drug-likeness (QED) is 0.677. The Morgan fingerprint density at radius 2 is 2.07 bits per heavy atom. The molecule has 0 spiro atoms. The second-order valence-electron chi connectivity index (χ2n) is 3.17. The van der Waals surface area contributed by atoms with E-state index in [1.807, 2.05) is 6.92 Å². The average Bonchev–Trinajstić information content (AvgIpc) is 2.15. The molecule has 0 heterocycles. The van der Waals surface area contributed by atoms with Crippen LogP contribution in [0.25, 0.3) is 0 Å². The molecule has 0 aliphatic rings. The van der Waals surface area contributed by atoms with Gasteiger partial charge in [0.25, 0.3) is 6.43 Å². The Labute approximate surface area is 82.1 Å². The molecule has 0 saturated heterocycles. The molecule has 14 heavy (non-hydrogen) atoms. The third-order valence-electron chi connectivity index (χ3n) is 1.96. The fourth-order valence-corrected chi connectivity index (χ4v) is 0.715. The van der Waals surface area contributed by atoms with E-state index in [1.54, 1.807) is 6.92 Å². The average molecular weight is 210 g/mol. The van der Waals surface area contributed by atoms with Gasteiger partial charge < -0.3 is 9.84 Å². The molecular formula is C9H16F2O3. The number of aliphatic hydroxyl groups is 1. The number of rotatable bonds is 6. The number of carbonyl (C=O) groups excluding carboxylic acids is 1. The van der Waals surface area contributed by atoms with Gasteiger partial charge in [-0.2, -0.15) is 0 Å². The summed E-state index contributed by atoms with van der Waals surface area (Å²) in [6.07, 6.45) is -4.06. The van der Waals surface area contributed by atoms with Gasteiger partial charge in [0.2, 0.25) is 0 Å². The summed E-state index contributed by atoms with van der Waals surface area (Å²) in [7, 11) is 0. The maximum Gasteiger partial charge on any atom is 0.308 e. The first-order chi connectivity index (χ1) is 6.49. The van der Waals surface area contributed by atoms with Crippen LogP contribution in [-0.4, -0.2) is 30.2 Å². The lowest BCUT2D eigenvalue weighted by atomic mass is 10.1. The van der Waals surface area contributed by atoms with Crippen LogP contribution in [0, 0.1) is 5.92 Å². The Balaban J connectivity index is 3.59. The Morgan fingerprint density at radius 1 is 1.50 bits per heavy atom. The van der Waals surface area contributed by atoms with Crippen molar-refractivity contribution in [3.05, 3.63) is 0 Å². The number of hydrogen-bond acceptors (Lipinski definition) is 3. The number of esters is 1. The lowest BCUT2D eigenvalue weighted by Crippen LogP contribution is -2.22. The highest BCUT2D eigenvalue weighted by Crippen LogP contribution is 2.07. The van der Waals surface area contributed by atoms with Crippen molar-refractivity contribution < 1.29 is 23.4 Å². The SMILES string of the molecule is CCC(C)C(=O)OCCC(O)C(F)F. The van der Waals surface area contributed by atoms with E-state index in [0.717, 1.165) is 0 Å². The highest BCUT2D eigenvalue weighted by atomic mass is 19.3. The zero-order valence-corrected chi connectivity index (χ0v) is 8.37. The van der Waals surface area contributed by atoms with Gasteiger partial charge in [-0.25, -0.2) is 8.78 Å². The van der Waals surface area contributed by atoms with E-state index in [9.17, 15) is 13.6 Å². The highest BCUT2D eigenvalue weighted by molar-refractivity contribution is 5.71. The lowest BCUT2D eigenvalue weighted by Gasteiger charge is -2.11. The largest absolute Gasteiger partial charge is 0.465 e. The molecule has 0 aromatic carbocycles. The van der Waals surface area contributed by atoms with Crippen LogP contribution >= 0.6 is 0 Å². The van der Waals surface area contributed by atoms with Crippen LogP contribution in [0.5, 0.6) is 0 Å². The maximum atomic E-state index is 11.8. The summed E-state index contributed by atoms with van der Waals surface area (Å²) >= 11 is 0. The lowest BCUT2D eigenvalue weighted by molar-refractivity contribution is -0.149. The van der Waals surface area contributed by atoms with Crippen LogP contribution < -0.4 is 0 Å². The summed E-state index contributed by atoms with van der Waals surface area (Å²) in [5.74, 6) is -0.632. The molecule has 1 N–H and O–H groups in total. The molecule has 0 amide bonds. The number of alkyl halides is 2. The van der Waals surface area contributed by atoms with Gasteiger partial charge in [-0.3, -0.25) is 4.79 Å². The van der Waals surface area contributed by atoms with E-state index in [0.29, 0.717) is 6.42 Å².